The van der Waals surface area contributed by atoms with Crippen molar-refractivity contribution in [1.29, 1.82) is 0 Å². The highest BCUT2D eigenvalue weighted by Gasteiger charge is 2.44. The van der Waals surface area contributed by atoms with Crippen LogP contribution in [0.3, 0.4) is 0 Å². The molecule has 0 bridgehead atoms. The van der Waals surface area contributed by atoms with Crippen LogP contribution in [0.5, 0.6) is 17.2 Å². The van der Waals surface area contributed by atoms with Crippen LogP contribution in [-0.4, -0.2) is 83.9 Å². The molecule has 0 radical (unpaired) electrons. The zero-order valence-electron chi connectivity index (χ0n) is 23.9. The second-order valence-corrected chi connectivity index (χ2v) is 14.5. The number of nitrogens with zero attached hydrogens (tertiary/aromatic N) is 1. The van der Waals surface area contributed by atoms with Gasteiger partial charge in [-0.3, -0.25) is 0 Å². The van der Waals surface area contributed by atoms with Crippen molar-refractivity contribution in [3.8, 4) is 17.2 Å². The number of nitrogens with one attached hydrogen (secondary N) is 2. The summed E-state index contributed by atoms with van der Waals surface area (Å²) < 4.78 is 72.7. The normalized spacial score (nSPS) is 19.7. The van der Waals surface area contributed by atoms with Crippen LogP contribution in [0.25, 0.3) is 0 Å². The zero-order valence-corrected chi connectivity index (χ0v) is 25.5. The molecule has 2 heterocycles. The summed E-state index contributed by atoms with van der Waals surface area (Å²) in [5.41, 5.74) is -0.427. The third-order valence-electron chi connectivity index (χ3n) is 7.75. The summed E-state index contributed by atoms with van der Waals surface area (Å²) in [5.74, 6) is 1.24. The van der Waals surface area contributed by atoms with E-state index in [0.29, 0.717) is 50.5 Å². The monoisotopic (exact) mass is 631 g/mol. The van der Waals surface area contributed by atoms with Crippen molar-refractivity contribution in [2.45, 2.75) is 46.8 Å². The Morgan fingerprint density at radius 2 is 1.67 bits per heavy atom. The number of benzene rings is 3. The summed E-state index contributed by atoms with van der Waals surface area (Å²) in [6.45, 7) is 1.26. The predicted octanol–water partition coefficient (Wildman–Crippen LogP) is 2.73. The molecular weight excluding hydrogens is 594 g/mol. The van der Waals surface area contributed by atoms with Crippen LogP contribution < -0.4 is 19.5 Å². The lowest BCUT2D eigenvalue weighted by atomic mass is 9.88. The molecule has 2 fully saturated rings. The molecule has 0 aromatic heterocycles. The number of aliphatic hydroxyl groups is 1. The average Bonchev–Trinajstić information content (AvgIpc) is 3.42. The highest BCUT2D eigenvalue weighted by molar-refractivity contribution is 7.89. The maximum atomic E-state index is 13.4. The molecule has 1 unspecified atom stereocenters. The lowest BCUT2D eigenvalue weighted by molar-refractivity contribution is -0.0312. The molecule has 3 N–H and O–H groups in total. The first-order chi connectivity index (χ1) is 20.6. The molecule has 2 aliphatic heterocycles. The van der Waals surface area contributed by atoms with Gasteiger partial charge in [-0.05, 0) is 62.7 Å². The summed E-state index contributed by atoms with van der Waals surface area (Å²) in [5, 5.41) is 13.8. The van der Waals surface area contributed by atoms with Gasteiger partial charge >= 0.3 is 0 Å². The fourth-order valence-corrected chi connectivity index (χ4v) is 7.73. The van der Waals surface area contributed by atoms with Crippen LogP contribution in [0, 0.1) is 0 Å². The Labute approximate surface area is 252 Å². The second kappa shape index (κ2) is 13.3. The number of rotatable bonds is 12. The zero-order chi connectivity index (χ0) is 30.5. The van der Waals surface area contributed by atoms with Crippen molar-refractivity contribution in [3.05, 3.63) is 78.9 Å². The summed E-state index contributed by atoms with van der Waals surface area (Å²) in [4.78, 5) is 0.191. The SMILES string of the molecule is CNS(=O)(=O)c1ccccc1OC[C@@H](O)CNC1COC2(CCN(S(=O)(=O)c3cccc(Oc4ccccc4)c3)CC2)C1. The molecule has 11 nitrogen and oxygen atoms in total. The highest BCUT2D eigenvalue weighted by Crippen LogP contribution is 2.38. The number of sulfonamides is 2. The number of hydrogen-bond donors (Lipinski definition) is 3. The highest BCUT2D eigenvalue weighted by atomic mass is 32.2. The molecule has 3 aromatic carbocycles. The molecule has 2 saturated heterocycles. The summed E-state index contributed by atoms with van der Waals surface area (Å²) in [6.07, 6.45) is 0.938. The van der Waals surface area contributed by atoms with E-state index in [0.717, 1.165) is 0 Å². The Bertz CT molecular complexity index is 1590. The van der Waals surface area contributed by atoms with Gasteiger partial charge in [0.2, 0.25) is 20.0 Å². The Hall–Kier alpha value is -3.04. The number of hydrogen-bond acceptors (Lipinski definition) is 9. The first-order valence-electron chi connectivity index (χ1n) is 14.1. The van der Waals surface area contributed by atoms with E-state index >= 15 is 0 Å². The van der Waals surface area contributed by atoms with Crippen LogP contribution in [0.1, 0.15) is 19.3 Å². The smallest absolute Gasteiger partial charge is 0.243 e. The molecule has 1 spiro atoms. The largest absolute Gasteiger partial charge is 0.489 e. The quantitative estimate of drug-likeness (QED) is 0.275. The van der Waals surface area contributed by atoms with E-state index in [1.807, 2.05) is 30.3 Å². The molecule has 2 aliphatic rings. The Kier molecular flexibility index (Phi) is 9.71. The van der Waals surface area contributed by atoms with Crippen molar-refractivity contribution in [3.63, 3.8) is 0 Å². The first kappa shape index (κ1) is 31.4. The summed E-state index contributed by atoms with van der Waals surface area (Å²) in [7, 11) is -6.08. The standard InChI is InChI=1S/C30H37N3O8S2/c1-31-42(35,36)29-13-6-5-12-28(29)39-22-24(34)20-32-23-19-30(40-21-23)14-16-33(17-15-30)43(37,38)27-11-7-10-26(18-27)41-25-8-3-2-4-9-25/h2-13,18,23-24,31-32,34H,14-17,19-22H2,1H3/t23?,24-/m0/s1. The van der Waals surface area contributed by atoms with E-state index in [-0.39, 0.29) is 34.7 Å². The lowest BCUT2D eigenvalue weighted by Gasteiger charge is -2.38. The van der Waals surface area contributed by atoms with E-state index in [9.17, 15) is 21.9 Å². The number of ether oxygens (including phenoxy) is 3. The second-order valence-electron chi connectivity index (χ2n) is 10.7. The van der Waals surface area contributed by atoms with Crippen molar-refractivity contribution in [1.82, 2.24) is 14.3 Å². The summed E-state index contributed by atoms with van der Waals surface area (Å²) in [6, 6.07) is 22.0. The molecular formula is C30H37N3O8S2. The molecule has 0 saturated carbocycles. The third-order valence-corrected chi connectivity index (χ3v) is 11.1. The minimum Gasteiger partial charge on any atom is -0.489 e. The Balaban J connectivity index is 1.10. The number of piperidine rings is 1. The number of para-hydroxylation sites is 2. The molecule has 5 rings (SSSR count). The molecule has 13 heteroatoms. The van der Waals surface area contributed by atoms with Gasteiger partial charge in [-0.25, -0.2) is 21.6 Å². The van der Waals surface area contributed by atoms with Crippen molar-refractivity contribution in [2.24, 2.45) is 0 Å². The average molecular weight is 632 g/mol. The van der Waals surface area contributed by atoms with E-state index in [2.05, 4.69) is 10.0 Å². The van der Waals surface area contributed by atoms with Gasteiger partial charge in [0.25, 0.3) is 0 Å². The van der Waals surface area contributed by atoms with Gasteiger partial charge in [0.1, 0.15) is 34.9 Å². The van der Waals surface area contributed by atoms with Crippen LogP contribution >= 0.6 is 0 Å². The number of aliphatic hydroxyl groups excluding tert-OH is 1. The van der Waals surface area contributed by atoms with E-state index in [1.54, 1.807) is 42.5 Å². The van der Waals surface area contributed by atoms with Crippen LogP contribution in [0.15, 0.2) is 88.7 Å². The first-order valence-corrected chi connectivity index (χ1v) is 17.1. The fourth-order valence-electron chi connectivity index (χ4n) is 5.38. The fraction of sp³-hybridized carbons (Fsp3) is 0.400. The maximum Gasteiger partial charge on any atom is 0.243 e. The molecule has 3 aromatic rings. The minimum atomic E-state index is -3.71. The molecule has 2 atom stereocenters. The van der Waals surface area contributed by atoms with Crippen LogP contribution in [0.4, 0.5) is 0 Å². The summed E-state index contributed by atoms with van der Waals surface area (Å²) >= 11 is 0. The van der Waals surface area contributed by atoms with Gasteiger partial charge in [-0.1, -0.05) is 36.4 Å². The topological polar surface area (TPSA) is 144 Å². The van der Waals surface area contributed by atoms with Gasteiger partial charge < -0.3 is 24.6 Å². The third kappa shape index (κ3) is 7.55. The van der Waals surface area contributed by atoms with Gasteiger partial charge in [0, 0.05) is 31.7 Å². The van der Waals surface area contributed by atoms with Crippen molar-refractivity contribution < 1.29 is 36.2 Å². The van der Waals surface area contributed by atoms with Crippen LogP contribution in [-0.2, 0) is 24.8 Å². The van der Waals surface area contributed by atoms with E-state index in [4.69, 9.17) is 14.2 Å². The van der Waals surface area contributed by atoms with E-state index < -0.39 is 31.8 Å². The lowest BCUT2D eigenvalue weighted by Crippen LogP contribution is -2.47. The Morgan fingerprint density at radius 1 is 0.977 bits per heavy atom. The van der Waals surface area contributed by atoms with Gasteiger partial charge in [-0.2, -0.15) is 4.31 Å². The molecule has 43 heavy (non-hydrogen) atoms. The van der Waals surface area contributed by atoms with Crippen molar-refractivity contribution in [2.75, 3.05) is 39.9 Å². The minimum absolute atomic E-state index is 0.00497. The van der Waals surface area contributed by atoms with Crippen molar-refractivity contribution >= 4 is 20.0 Å². The molecule has 0 amide bonds. The van der Waals surface area contributed by atoms with Gasteiger partial charge in [0.15, 0.2) is 0 Å². The molecule has 232 valence electrons. The van der Waals surface area contributed by atoms with Gasteiger partial charge in [0.05, 0.1) is 17.1 Å². The van der Waals surface area contributed by atoms with E-state index in [1.165, 1.54) is 17.4 Å². The van der Waals surface area contributed by atoms with Gasteiger partial charge in [-0.15, -0.1) is 0 Å². The molecule has 0 aliphatic carbocycles. The van der Waals surface area contributed by atoms with Crippen LogP contribution in [0.2, 0.25) is 0 Å². The predicted molar refractivity (Wildman–Crippen MR) is 160 cm³/mol. The Morgan fingerprint density at radius 3 is 2.42 bits per heavy atom. The maximum absolute atomic E-state index is 13.4.